The number of nitrogens with zero attached hydrogens (tertiary/aromatic N) is 4. The van der Waals surface area contributed by atoms with Crippen LogP contribution in [0.15, 0.2) is 41.7 Å². The summed E-state index contributed by atoms with van der Waals surface area (Å²) in [6, 6.07) is 7.53. The lowest BCUT2D eigenvalue weighted by atomic mass is 10.1. The van der Waals surface area contributed by atoms with Gasteiger partial charge in [-0.2, -0.15) is 5.10 Å². The van der Waals surface area contributed by atoms with Gasteiger partial charge in [0.25, 0.3) is 5.91 Å². The largest absolute Gasteiger partial charge is 0.370 e. The van der Waals surface area contributed by atoms with Gasteiger partial charge in [0.2, 0.25) is 0 Å². The minimum atomic E-state index is -0.0850. The number of carbonyl (C=O) groups is 1. The normalized spacial score (nSPS) is 16.9. The van der Waals surface area contributed by atoms with Gasteiger partial charge in [-0.05, 0) is 24.6 Å². The minimum absolute atomic E-state index is 0. The van der Waals surface area contributed by atoms with Crippen LogP contribution in [0.2, 0.25) is 0 Å². The molecule has 1 aromatic carbocycles. The number of hydrogen-bond acceptors (Lipinski definition) is 4. The van der Waals surface area contributed by atoms with E-state index in [0.717, 1.165) is 36.7 Å². The maximum Gasteiger partial charge on any atom is 0.251 e. The number of morpholine rings is 1. The molecule has 1 unspecified atom stereocenters. The second kappa shape index (κ2) is 11.1. The van der Waals surface area contributed by atoms with Crippen molar-refractivity contribution in [2.24, 2.45) is 12.0 Å². The number of aryl methyl sites for hydroxylation is 1. The minimum Gasteiger partial charge on any atom is -0.370 e. The standard InChI is InChI=1S/C20H28N6O2.HI/c1-4-22-20(23-11-15-5-7-16(8-6-15)19(27)21-2)26-9-10-28-18(14-26)17-12-24-25(3)13-17;/h5-8,12-13,18H,4,9-11,14H2,1-3H3,(H,21,27)(H,22,23);1H. The summed E-state index contributed by atoms with van der Waals surface area (Å²) in [5, 5.41) is 10.2. The zero-order valence-corrected chi connectivity index (χ0v) is 19.4. The number of aromatic nitrogens is 2. The average molecular weight is 512 g/mol. The molecule has 1 amide bonds. The zero-order chi connectivity index (χ0) is 19.9. The molecule has 8 nitrogen and oxygen atoms in total. The Hall–Kier alpha value is -2.14. The monoisotopic (exact) mass is 512 g/mol. The van der Waals surface area contributed by atoms with Crippen molar-refractivity contribution in [2.75, 3.05) is 33.3 Å². The molecule has 0 bridgehead atoms. The summed E-state index contributed by atoms with van der Waals surface area (Å²) < 4.78 is 7.72. The fraction of sp³-hybridized carbons (Fsp3) is 0.450. The fourth-order valence-corrected chi connectivity index (χ4v) is 3.15. The molecule has 2 N–H and O–H groups in total. The molecule has 1 aliphatic rings. The quantitative estimate of drug-likeness (QED) is 0.364. The molecule has 1 fully saturated rings. The van der Waals surface area contributed by atoms with Crippen LogP contribution in [0.3, 0.4) is 0 Å². The zero-order valence-electron chi connectivity index (χ0n) is 17.1. The van der Waals surface area contributed by atoms with E-state index in [2.05, 4.69) is 27.6 Å². The lowest BCUT2D eigenvalue weighted by Gasteiger charge is -2.34. The van der Waals surface area contributed by atoms with Crippen LogP contribution in [0, 0.1) is 0 Å². The lowest BCUT2D eigenvalue weighted by Crippen LogP contribution is -2.48. The Balaban J connectivity index is 0.00000300. The van der Waals surface area contributed by atoms with Gasteiger partial charge < -0.3 is 20.3 Å². The number of hydrogen-bond donors (Lipinski definition) is 2. The topological polar surface area (TPSA) is 83.8 Å². The van der Waals surface area contributed by atoms with E-state index in [9.17, 15) is 4.79 Å². The highest BCUT2D eigenvalue weighted by molar-refractivity contribution is 14.0. The van der Waals surface area contributed by atoms with E-state index in [1.54, 1.807) is 11.7 Å². The van der Waals surface area contributed by atoms with Gasteiger partial charge >= 0.3 is 0 Å². The predicted molar refractivity (Wildman–Crippen MR) is 124 cm³/mol. The van der Waals surface area contributed by atoms with Crippen molar-refractivity contribution < 1.29 is 9.53 Å². The predicted octanol–water partition coefficient (Wildman–Crippen LogP) is 1.94. The Morgan fingerprint density at radius 2 is 2.10 bits per heavy atom. The molecule has 0 aliphatic carbocycles. The molecule has 1 aromatic heterocycles. The van der Waals surface area contributed by atoms with Crippen LogP contribution in [-0.4, -0.2) is 59.8 Å². The van der Waals surface area contributed by atoms with Crippen LogP contribution in [0.5, 0.6) is 0 Å². The summed E-state index contributed by atoms with van der Waals surface area (Å²) in [7, 11) is 3.54. The van der Waals surface area contributed by atoms with Crippen molar-refractivity contribution in [2.45, 2.75) is 19.6 Å². The van der Waals surface area contributed by atoms with Gasteiger partial charge in [-0.3, -0.25) is 9.48 Å². The van der Waals surface area contributed by atoms with Crippen LogP contribution < -0.4 is 10.6 Å². The number of benzene rings is 1. The number of rotatable bonds is 5. The molecular weight excluding hydrogens is 483 g/mol. The smallest absolute Gasteiger partial charge is 0.251 e. The van der Waals surface area contributed by atoms with Gasteiger partial charge in [0.05, 0.1) is 25.9 Å². The molecule has 29 heavy (non-hydrogen) atoms. The molecule has 3 rings (SSSR count). The van der Waals surface area contributed by atoms with E-state index in [0.29, 0.717) is 18.7 Å². The van der Waals surface area contributed by atoms with Crippen LogP contribution >= 0.6 is 24.0 Å². The Morgan fingerprint density at radius 1 is 1.34 bits per heavy atom. The second-order valence-electron chi connectivity index (χ2n) is 6.70. The number of guanidine groups is 1. The first-order valence-corrected chi connectivity index (χ1v) is 9.55. The molecule has 2 aromatic rings. The highest BCUT2D eigenvalue weighted by Gasteiger charge is 2.25. The molecule has 0 radical (unpaired) electrons. The van der Waals surface area contributed by atoms with E-state index in [1.807, 2.05) is 43.7 Å². The van der Waals surface area contributed by atoms with Crippen LogP contribution in [0.4, 0.5) is 0 Å². The van der Waals surface area contributed by atoms with Gasteiger partial charge in [-0.15, -0.1) is 24.0 Å². The highest BCUT2D eigenvalue weighted by atomic mass is 127. The van der Waals surface area contributed by atoms with E-state index in [4.69, 9.17) is 9.73 Å². The Labute approximate surface area is 188 Å². The number of nitrogens with one attached hydrogen (secondary N) is 2. The third-order valence-corrected chi connectivity index (χ3v) is 4.65. The van der Waals surface area contributed by atoms with Gasteiger partial charge in [-0.1, -0.05) is 12.1 Å². The van der Waals surface area contributed by atoms with Crippen molar-refractivity contribution in [1.82, 2.24) is 25.3 Å². The summed E-state index contributed by atoms with van der Waals surface area (Å²) in [5.74, 6) is 0.785. The second-order valence-corrected chi connectivity index (χ2v) is 6.70. The van der Waals surface area contributed by atoms with E-state index in [1.165, 1.54) is 0 Å². The Kier molecular flexibility index (Phi) is 8.90. The van der Waals surface area contributed by atoms with Gasteiger partial charge in [0.15, 0.2) is 5.96 Å². The number of ether oxygens (including phenoxy) is 1. The summed E-state index contributed by atoms with van der Waals surface area (Å²) in [4.78, 5) is 18.7. The van der Waals surface area contributed by atoms with Crippen molar-refractivity contribution in [3.63, 3.8) is 0 Å². The van der Waals surface area contributed by atoms with Crippen molar-refractivity contribution in [3.05, 3.63) is 53.3 Å². The molecule has 9 heteroatoms. The number of amides is 1. The van der Waals surface area contributed by atoms with Crippen molar-refractivity contribution >= 4 is 35.8 Å². The molecule has 0 saturated carbocycles. The molecule has 1 saturated heterocycles. The molecule has 158 valence electrons. The highest BCUT2D eigenvalue weighted by Crippen LogP contribution is 2.21. The Bertz CT molecular complexity index is 821. The van der Waals surface area contributed by atoms with E-state index in [-0.39, 0.29) is 36.0 Å². The van der Waals surface area contributed by atoms with Gasteiger partial charge in [-0.25, -0.2) is 4.99 Å². The van der Waals surface area contributed by atoms with E-state index < -0.39 is 0 Å². The Morgan fingerprint density at radius 3 is 2.72 bits per heavy atom. The number of aliphatic imine (C=N–C) groups is 1. The first-order valence-electron chi connectivity index (χ1n) is 9.55. The first kappa shape index (κ1) is 23.1. The third kappa shape index (κ3) is 6.17. The molecule has 0 spiro atoms. The summed E-state index contributed by atoms with van der Waals surface area (Å²) in [6.07, 6.45) is 3.83. The molecule has 1 atom stereocenters. The fourth-order valence-electron chi connectivity index (χ4n) is 3.15. The summed E-state index contributed by atoms with van der Waals surface area (Å²) in [5.41, 5.74) is 2.78. The van der Waals surface area contributed by atoms with Gasteiger partial charge in [0.1, 0.15) is 6.10 Å². The lowest BCUT2D eigenvalue weighted by molar-refractivity contribution is -0.00805. The van der Waals surface area contributed by atoms with E-state index >= 15 is 0 Å². The van der Waals surface area contributed by atoms with Crippen molar-refractivity contribution in [3.8, 4) is 0 Å². The first-order chi connectivity index (χ1) is 13.6. The summed E-state index contributed by atoms with van der Waals surface area (Å²) in [6.45, 7) is 5.57. The average Bonchev–Trinajstić information content (AvgIpc) is 3.17. The van der Waals surface area contributed by atoms with Crippen LogP contribution in [0.25, 0.3) is 0 Å². The van der Waals surface area contributed by atoms with Crippen LogP contribution in [-0.2, 0) is 18.3 Å². The van der Waals surface area contributed by atoms with Gasteiger partial charge in [0, 0.05) is 44.5 Å². The van der Waals surface area contributed by atoms with Crippen LogP contribution in [0.1, 0.15) is 34.5 Å². The molecule has 2 heterocycles. The molecule has 1 aliphatic heterocycles. The van der Waals surface area contributed by atoms with Crippen molar-refractivity contribution in [1.29, 1.82) is 0 Å². The maximum atomic E-state index is 11.7. The molecular formula is C20H29IN6O2. The SMILES string of the molecule is CCNC(=NCc1ccc(C(=O)NC)cc1)N1CCOC(c2cnn(C)c2)C1.I. The third-order valence-electron chi connectivity index (χ3n) is 4.65. The summed E-state index contributed by atoms with van der Waals surface area (Å²) >= 11 is 0. The number of halogens is 1. The number of carbonyl (C=O) groups excluding carboxylic acids is 1. The maximum absolute atomic E-state index is 11.7.